The molecular formula is C20H24O. The van der Waals surface area contributed by atoms with Gasteiger partial charge in [0.05, 0.1) is 0 Å². The molecular weight excluding hydrogens is 256 g/mol. The smallest absolute Gasteiger partial charge is 0.138 e. The summed E-state index contributed by atoms with van der Waals surface area (Å²) in [5.41, 5.74) is 7.59. The average molecular weight is 280 g/mol. The highest BCUT2D eigenvalue weighted by Crippen LogP contribution is 2.35. The Morgan fingerprint density at radius 3 is 1.52 bits per heavy atom. The first kappa shape index (κ1) is 14.2. The van der Waals surface area contributed by atoms with E-state index in [-0.39, 0.29) is 0 Å². The lowest BCUT2D eigenvalue weighted by Crippen LogP contribution is -1.88. The van der Waals surface area contributed by atoms with Crippen LogP contribution < -0.4 is 0 Å². The Morgan fingerprint density at radius 2 is 1.14 bits per heavy atom. The van der Waals surface area contributed by atoms with Crippen LogP contribution >= 0.6 is 0 Å². The highest BCUT2D eigenvalue weighted by atomic mass is 16.3. The molecule has 2 aromatic carbocycles. The van der Waals surface area contributed by atoms with Crippen LogP contribution in [-0.2, 0) is 12.8 Å². The maximum Gasteiger partial charge on any atom is 0.138 e. The van der Waals surface area contributed by atoms with Crippen LogP contribution in [0.3, 0.4) is 0 Å². The molecule has 0 saturated carbocycles. The third-order valence-corrected chi connectivity index (χ3v) is 4.57. The molecule has 0 unspecified atom stereocenters. The van der Waals surface area contributed by atoms with Gasteiger partial charge in [-0.1, -0.05) is 51.0 Å². The summed E-state index contributed by atoms with van der Waals surface area (Å²) in [6.45, 7) is 8.84. The van der Waals surface area contributed by atoms with Crippen molar-refractivity contribution in [3.05, 3.63) is 46.5 Å². The van der Waals surface area contributed by atoms with Crippen molar-refractivity contribution < 1.29 is 4.42 Å². The van der Waals surface area contributed by atoms with Crippen LogP contribution in [0.25, 0.3) is 21.9 Å². The van der Waals surface area contributed by atoms with Crippen LogP contribution in [0.2, 0.25) is 0 Å². The molecule has 0 saturated heterocycles. The number of hydrogen-bond acceptors (Lipinski definition) is 1. The summed E-state index contributed by atoms with van der Waals surface area (Å²) < 4.78 is 6.29. The summed E-state index contributed by atoms with van der Waals surface area (Å²) in [4.78, 5) is 0. The van der Waals surface area contributed by atoms with E-state index in [1.165, 1.54) is 45.9 Å². The molecule has 1 aromatic heterocycles. The fourth-order valence-corrected chi connectivity index (χ4v) is 3.33. The minimum atomic E-state index is 1.08. The third-order valence-electron chi connectivity index (χ3n) is 4.57. The maximum absolute atomic E-state index is 6.29. The lowest BCUT2D eigenvalue weighted by Gasteiger charge is -2.04. The molecule has 0 radical (unpaired) electrons. The highest BCUT2D eigenvalue weighted by Gasteiger charge is 2.14. The van der Waals surface area contributed by atoms with Gasteiger partial charge in [-0.15, -0.1) is 0 Å². The Bertz CT molecular complexity index is 726. The van der Waals surface area contributed by atoms with Crippen molar-refractivity contribution in [2.75, 3.05) is 0 Å². The molecule has 1 nitrogen and oxygen atoms in total. The Hall–Kier alpha value is -1.76. The van der Waals surface area contributed by atoms with E-state index >= 15 is 0 Å². The molecule has 21 heavy (non-hydrogen) atoms. The van der Waals surface area contributed by atoms with E-state index in [9.17, 15) is 0 Å². The van der Waals surface area contributed by atoms with Crippen molar-refractivity contribution in [2.24, 2.45) is 0 Å². The number of benzene rings is 2. The Balaban J connectivity index is 2.28. The summed E-state index contributed by atoms with van der Waals surface area (Å²) >= 11 is 0. The van der Waals surface area contributed by atoms with Gasteiger partial charge in [0.2, 0.25) is 0 Å². The average Bonchev–Trinajstić information content (AvgIpc) is 2.86. The predicted molar refractivity (Wildman–Crippen MR) is 91.2 cm³/mol. The number of rotatable bonds is 4. The molecule has 1 heteroatoms. The molecule has 0 fully saturated rings. The van der Waals surface area contributed by atoms with E-state index < -0.39 is 0 Å². The normalized spacial score (nSPS) is 11.6. The van der Waals surface area contributed by atoms with E-state index in [2.05, 4.69) is 52.0 Å². The van der Waals surface area contributed by atoms with Crippen LogP contribution in [-0.4, -0.2) is 0 Å². The van der Waals surface area contributed by atoms with Crippen LogP contribution in [0.1, 0.15) is 48.9 Å². The maximum atomic E-state index is 6.29. The Morgan fingerprint density at radius 1 is 0.714 bits per heavy atom. The second-order valence-electron chi connectivity index (χ2n) is 6.05. The van der Waals surface area contributed by atoms with Crippen LogP contribution in [0, 0.1) is 13.8 Å². The van der Waals surface area contributed by atoms with Gasteiger partial charge in [-0.2, -0.15) is 0 Å². The number of fused-ring (bicyclic) bond motifs is 3. The fraction of sp³-hybridized carbons (Fsp3) is 0.400. The number of furan rings is 1. The van der Waals surface area contributed by atoms with E-state index in [0.29, 0.717) is 0 Å². The lowest BCUT2D eigenvalue weighted by molar-refractivity contribution is 0.660. The summed E-state index contributed by atoms with van der Waals surface area (Å²) in [7, 11) is 0. The zero-order valence-electron chi connectivity index (χ0n) is 13.5. The SMILES string of the molecule is CCCc1ccc2c(oc3c(C)c(CCC)ccc32)c1C. The van der Waals surface area contributed by atoms with Gasteiger partial charge in [0, 0.05) is 10.8 Å². The molecule has 3 rings (SSSR count). The first-order chi connectivity index (χ1) is 10.2. The highest BCUT2D eigenvalue weighted by molar-refractivity contribution is 6.07. The van der Waals surface area contributed by atoms with E-state index in [1.807, 2.05) is 0 Å². The number of hydrogen-bond donors (Lipinski definition) is 0. The Labute approximate surface area is 127 Å². The molecule has 0 aliphatic carbocycles. The van der Waals surface area contributed by atoms with E-state index in [4.69, 9.17) is 4.42 Å². The van der Waals surface area contributed by atoms with Gasteiger partial charge >= 0.3 is 0 Å². The van der Waals surface area contributed by atoms with Gasteiger partial charge in [0.15, 0.2) is 0 Å². The third kappa shape index (κ3) is 2.25. The summed E-state index contributed by atoms with van der Waals surface area (Å²) in [6, 6.07) is 9.01. The summed E-state index contributed by atoms with van der Waals surface area (Å²) in [5, 5.41) is 2.52. The first-order valence-electron chi connectivity index (χ1n) is 8.10. The quantitative estimate of drug-likeness (QED) is 0.562. The van der Waals surface area contributed by atoms with Crippen molar-refractivity contribution in [1.29, 1.82) is 0 Å². The summed E-state index contributed by atoms with van der Waals surface area (Å²) in [5.74, 6) is 0. The largest absolute Gasteiger partial charge is 0.455 e. The molecule has 1 heterocycles. The molecule has 0 aliphatic rings. The second-order valence-corrected chi connectivity index (χ2v) is 6.05. The predicted octanol–water partition coefficient (Wildman–Crippen LogP) is 6.11. The Kier molecular flexibility index (Phi) is 3.75. The van der Waals surface area contributed by atoms with Gasteiger partial charge in [-0.25, -0.2) is 0 Å². The molecule has 0 atom stereocenters. The molecule has 0 amide bonds. The zero-order chi connectivity index (χ0) is 15.0. The molecule has 0 bridgehead atoms. The van der Waals surface area contributed by atoms with Crippen LogP contribution in [0.4, 0.5) is 0 Å². The molecule has 0 aliphatic heterocycles. The second kappa shape index (κ2) is 5.55. The van der Waals surface area contributed by atoms with Gasteiger partial charge in [-0.05, 0) is 48.9 Å². The van der Waals surface area contributed by atoms with Gasteiger partial charge in [0.1, 0.15) is 11.2 Å². The molecule has 3 aromatic rings. The van der Waals surface area contributed by atoms with Gasteiger partial charge < -0.3 is 4.42 Å². The van der Waals surface area contributed by atoms with Crippen molar-refractivity contribution in [2.45, 2.75) is 53.4 Å². The first-order valence-corrected chi connectivity index (χ1v) is 8.10. The van der Waals surface area contributed by atoms with Crippen LogP contribution in [0.5, 0.6) is 0 Å². The fourth-order valence-electron chi connectivity index (χ4n) is 3.33. The van der Waals surface area contributed by atoms with Gasteiger partial charge in [0.25, 0.3) is 0 Å². The minimum Gasteiger partial charge on any atom is -0.455 e. The van der Waals surface area contributed by atoms with Gasteiger partial charge in [-0.3, -0.25) is 0 Å². The minimum absolute atomic E-state index is 1.08. The molecule has 110 valence electrons. The molecule has 0 N–H and O–H groups in total. The number of aryl methyl sites for hydroxylation is 4. The topological polar surface area (TPSA) is 13.1 Å². The van der Waals surface area contributed by atoms with E-state index in [1.54, 1.807) is 0 Å². The van der Waals surface area contributed by atoms with Crippen LogP contribution in [0.15, 0.2) is 28.7 Å². The molecule has 0 spiro atoms. The van der Waals surface area contributed by atoms with Crippen molar-refractivity contribution >= 4 is 21.9 Å². The van der Waals surface area contributed by atoms with E-state index in [0.717, 1.165) is 24.0 Å². The standard InChI is InChI=1S/C20H24O/c1-5-7-15-9-11-17-18-12-10-16(8-6-2)14(4)20(18)21-19(17)13(15)3/h9-12H,5-8H2,1-4H3. The van der Waals surface area contributed by atoms with Crippen molar-refractivity contribution in [3.63, 3.8) is 0 Å². The van der Waals surface area contributed by atoms with Crippen molar-refractivity contribution in [1.82, 2.24) is 0 Å². The summed E-state index contributed by atoms with van der Waals surface area (Å²) in [6.07, 6.45) is 4.59. The lowest BCUT2D eigenvalue weighted by atomic mass is 9.98. The zero-order valence-corrected chi connectivity index (χ0v) is 13.5. The monoisotopic (exact) mass is 280 g/mol. The van der Waals surface area contributed by atoms with Crippen molar-refractivity contribution in [3.8, 4) is 0 Å².